The second-order valence-corrected chi connectivity index (χ2v) is 5.31. The van der Waals surface area contributed by atoms with Crippen molar-refractivity contribution in [1.82, 2.24) is 19.8 Å². The predicted molar refractivity (Wildman–Crippen MR) is 77.3 cm³/mol. The molecule has 0 fully saturated rings. The third kappa shape index (κ3) is 5.60. The summed E-state index contributed by atoms with van der Waals surface area (Å²) in [5.41, 5.74) is 0.0377. The van der Waals surface area contributed by atoms with Gasteiger partial charge >= 0.3 is 0 Å². The Labute approximate surface area is 115 Å². The first-order chi connectivity index (χ1) is 8.11. The van der Waals surface area contributed by atoms with Crippen LogP contribution in [0.5, 0.6) is 0 Å². The summed E-state index contributed by atoms with van der Waals surface area (Å²) >= 11 is 2.01. The molecule has 5 nitrogen and oxygen atoms in total. The van der Waals surface area contributed by atoms with E-state index in [0.29, 0.717) is 10.1 Å². The van der Waals surface area contributed by atoms with Gasteiger partial charge in [0.25, 0.3) is 5.56 Å². The molecule has 0 amide bonds. The molecule has 1 rings (SSSR count). The average molecular weight is 350 g/mol. The number of halogens is 1. The Morgan fingerprint density at radius 2 is 2.24 bits per heavy atom. The number of aromatic nitrogens is 2. The highest BCUT2D eigenvalue weighted by Crippen LogP contribution is 1.92. The Morgan fingerprint density at radius 1 is 1.47 bits per heavy atom. The molecule has 17 heavy (non-hydrogen) atoms. The molecule has 0 aromatic carbocycles. The van der Waals surface area contributed by atoms with Crippen molar-refractivity contribution in [1.29, 1.82) is 0 Å². The van der Waals surface area contributed by atoms with Crippen molar-refractivity contribution in [2.75, 3.05) is 33.7 Å². The van der Waals surface area contributed by atoms with E-state index in [-0.39, 0.29) is 5.56 Å². The standard InChI is InChI=1S/C11H19IN4O/c1-15(2)6-3-4-13-5-7-16-9-14-8-10(12)11(16)17/h8-9,13H,3-7H2,1-2H3. The van der Waals surface area contributed by atoms with Crippen molar-refractivity contribution < 1.29 is 0 Å². The summed E-state index contributed by atoms with van der Waals surface area (Å²) in [4.78, 5) is 17.8. The van der Waals surface area contributed by atoms with E-state index in [9.17, 15) is 4.79 Å². The summed E-state index contributed by atoms with van der Waals surface area (Å²) in [5.74, 6) is 0. The van der Waals surface area contributed by atoms with Crippen LogP contribution in [0.25, 0.3) is 0 Å². The molecule has 1 aromatic rings. The molecule has 0 unspecified atom stereocenters. The lowest BCUT2D eigenvalue weighted by atomic mass is 10.4. The van der Waals surface area contributed by atoms with Crippen LogP contribution in [0.15, 0.2) is 17.3 Å². The molecule has 1 N–H and O–H groups in total. The number of rotatable bonds is 7. The first kappa shape index (κ1) is 14.6. The van der Waals surface area contributed by atoms with Crippen molar-refractivity contribution in [2.24, 2.45) is 0 Å². The van der Waals surface area contributed by atoms with Gasteiger partial charge in [-0.1, -0.05) is 0 Å². The normalized spacial score (nSPS) is 11.1. The second kappa shape index (κ2) is 7.78. The lowest BCUT2D eigenvalue weighted by Crippen LogP contribution is -2.29. The van der Waals surface area contributed by atoms with Gasteiger partial charge in [0.15, 0.2) is 0 Å². The topological polar surface area (TPSA) is 50.2 Å². The Bertz CT molecular complexity index is 391. The van der Waals surface area contributed by atoms with Gasteiger partial charge < -0.3 is 10.2 Å². The Kier molecular flexibility index (Phi) is 6.68. The van der Waals surface area contributed by atoms with Crippen molar-refractivity contribution >= 4 is 22.6 Å². The molecule has 0 radical (unpaired) electrons. The predicted octanol–water partition coefficient (Wildman–Crippen LogP) is 0.389. The molecule has 0 saturated heterocycles. The quantitative estimate of drug-likeness (QED) is 0.571. The van der Waals surface area contributed by atoms with E-state index in [4.69, 9.17) is 0 Å². The maximum absolute atomic E-state index is 11.7. The second-order valence-electron chi connectivity index (χ2n) is 4.15. The van der Waals surface area contributed by atoms with E-state index in [2.05, 4.69) is 29.3 Å². The zero-order valence-corrected chi connectivity index (χ0v) is 12.5. The van der Waals surface area contributed by atoms with Crippen LogP contribution in [-0.4, -0.2) is 48.2 Å². The van der Waals surface area contributed by atoms with Gasteiger partial charge in [-0.25, -0.2) is 4.98 Å². The molecule has 0 bridgehead atoms. The number of hydrogen-bond donors (Lipinski definition) is 1. The van der Waals surface area contributed by atoms with Gasteiger partial charge in [0.2, 0.25) is 0 Å². The summed E-state index contributed by atoms with van der Waals surface area (Å²) in [5, 5.41) is 3.32. The lowest BCUT2D eigenvalue weighted by Gasteiger charge is -2.10. The number of nitrogens with one attached hydrogen (secondary N) is 1. The molecule has 0 spiro atoms. The number of nitrogens with zero attached hydrogens (tertiary/aromatic N) is 3. The largest absolute Gasteiger partial charge is 0.315 e. The smallest absolute Gasteiger partial charge is 0.266 e. The van der Waals surface area contributed by atoms with Gasteiger partial charge in [-0.2, -0.15) is 0 Å². The molecular formula is C11H19IN4O. The van der Waals surface area contributed by atoms with Crippen molar-refractivity contribution in [3.8, 4) is 0 Å². The van der Waals surface area contributed by atoms with Crippen molar-refractivity contribution in [3.63, 3.8) is 0 Å². The molecule has 1 heterocycles. The molecule has 0 saturated carbocycles. The minimum atomic E-state index is 0.0377. The zero-order valence-electron chi connectivity index (χ0n) is 10.3. The highest BCUT2D eigenvalue weighted by molar-refractivity contribution is 14.1. The van der Waals surface area contributed by atoms with Crippen LogP contribution in [0, 0.1) is 3.57 Å². The van der Waals surface area contributed by atoms with Gasteiger partial charge in [-0.15, -0.1) is 0 Å². The maximum Gasteiger partial charge on any atom is 0.266 e. The van der Waals surface area contributed by atoms with E-state index in [0.717, 1.165) is 26.1 Å². The van der Waals surface area contributed by atoms with Crippen LogP contribution in [0.3, 0.4) is 0 Å². The summed E-state index contributed by atoms with van der Waals surface area (Å²) in [6.45, 7) is 3.53. The van der Waals surface area contributed by atoms with Crippen LogP contribution in [0.2, 0.25) is 0 Å². The van der Waals surface area contributed by atoms with E-state index in [1.807, 2.05) is 22.6 Å². The minimum absolute atomic E-state index is 0.0377. The van der Waals surface area contributed by atoms with Crippen LogP contribution in [0.1, 0.15) is 6.42 Å². The van der Waals surface area contributed by atoms with Crippen LogP contribution >= 0.6 is 22.6 Å². The molecule has 0 aliphatic carbocycles. The van der Waals surface area contributed by atoms with E-state index < -0.39 is 0 Å². The van der Waals surface area contributed by atoms with Gasteiger partial charge in [-0.3, -0.25) is 9.36 Å². The third-order valence-corrected chi connectivity index (χ3v) is 3.09. The highest BCUT2D eigenvalue weighted by Gasteiger charge is 1.99. The molecule has 96 valence electrons. The van der Waals surface area contributed by atoms with E-state index in [1.54, 1.807) is 17.1 Å². The highest BCUT2D eigenvalue weighted by atomic mass is 127. The first-order valence-corrected chi connectivity index (χ1v) is 6.74. The SMILES string of the molecule is CN(C)CCCNCCn1cncc(I)c1=O. The monoisotopic (exact) mass is 350 g/mol. The summed E-state index contributed by atoms with van der Waals surface area (Å²) < 4.78 is 2.30. The fourth-order valence-electron chi connectivity index (χ4n) is 1.43. The molecule has 0 aliphatic heterocycles. The Hall–Kier alpha value is -0.470. The van der Waals surface area contributed by atoms with Gasteiger partial charge in [0.1, 0.15) is 0 Å². The van der Waals surface area contributed by atoms with Crippen LogP contribution in [-0.2, 0) is 6.54 Å². The fraction of sp³-hybridized carbons (Fsp3) is 0.636. The van der Waals surface area contributed by atoms with E-state index in [1.165, 1.54) is 0 Å². The first-order valence-electron chi connectivity index (χ1n) is 5.66. The summed E-state index contributed by atoms with van der Waals surface area (Å²) in [6.07, 6.45) is 4.29. The zero-order chi connectivity index (χ0) is 12.7. The van der Waals surface area contributed by atoms with E-state index >= 15 is 0 Å². The molecule has 0 aliphatic rings. The molecule has 6 heteroatoms. The van der Waals surface area contributed by atoms with Crippen LogP contribution < -0.4 is 10.9 Å². The third-order valence-electron chi connectivity index (χ3n) is 2.35. The van der Waals surface area contributed by atoms with Crippen LogP contribution in [0.4, 0.5) is 0 Å². The molecule has 0 atom stereocenters. The maximum atomic E-state index is 11.7. The van der Waals surface area contributed by atoms with Gasteiger partial charge in [0.05, 0.1) is 9.90 Å². The van der Waals surface area contributed by atoms with Gasteiger partial charge in [0, 0.05) is 19.3 Å². The van der Waals surface area contributed by atoms with Crippen molar-refractivity contribution in [3.05, 3.63) is 26.4 Å². The number of hydrogen-bond acceptors (Lipinski definition) is 4. The summed E-state index contributed by atoms with van der Waals surface area (Å²) in [7, 11) is 4.13. The molecule has 1 aromatic heterocycles. The average Bonchev–Trinajstić information content (AvgIpc) is 2.28. The molecular weight excluding hydrogens is 331 g/mol. The fourth-order valence-corrected chi connectivity index (χ4v) is 1.90. The minimum Gasteiger partial charge on any atom is -0.315 e. The lowest BCUT2D eigenvalue weighted by molar-refractivity contribution is 0.393. The van der Waals surface area contributed by atoms with Gasteiger partial charge in [-0.05, 0) is 56.2 Å². The Balaban J connectivity index is 2.23. The summed E-state index contributed by atoms with van der Waals surface area (Å²) in [6, 6.07) is 0. The Morgan fingerprint density at radius 3 is 2.94 bits per heavy atom. The van der Waals surface area contributed by atoms with Crippen molar-refractivity contribution in [2.45, 2.75) is 13.0 Å².